The van der Waals surface area contributed by atoms with E-state index in [0.717, 1.165) is 5.69 Å². The number of nitrogens with zero attached hydrogens (tertiary/aromatic N) is 1. The average Bonchev–Trinajstić information content (AvgIpc) is 2.04. The summed E-state index contributed by atoms with van der Waals surface area (Å²) < 4.78 is 0. The van der Waals surface area contributed by atoms with Crippen molar-refractivity contribution in [3.8, 4) is 0 Å². The maximum atomic E-state index is 4.23. The van der Waals surface area contributed by atoms with E-state index in [1.54, 1.807) is 17.8 Å². The van der Waals surface area contributed by atoms with Crippen molar-refractivity contribution in [2.24, 2.45) is 0 Å². The van der Waals surface area contributed by atoms with Crippen LogP contribution in [0.2, 0.25) is 0 Å². The minimum atomic E-state index is 0.975. The predicted octanol–water partition coefficient (Wildman–Crippen LogP) is 2.75. The van der Waals surface area contributed by atoms with Crippen LogP contribution in [0.1, 0.15) is 11.3 Å². The van der Waals surface area contributed by atoms with Crippen LogP contribution in [0.25, 0.3) is 6.08 Å². The molecule has 0 aromatic carbocycles. The van der Waals surface area contributed by atoms with Gasteiger partial charge in [-0.15, -0.1) is 11.8 Å². The number of rotatable bonds is 2. The smallest absolute Gasteiger partial charge is 0.0759 e. The van der Waals surface area contributed by atoms with E-state index in [1.165, 1.54) is 10.5 Å². The third-order valence-electron chi connectivity index (χ3n) is 1.43. The maximum absolute atomic E-state index is 4.23. The number of hydrogen-bond acceptors (Lipinski definition) is 2. The van der Waals surface area contributed by atoms with Crippen LogP contribution in [-0.2, 0) is 0 Å². The average molecular weight is 165 g/mol. The molecular formula is C9H11NS. The maximum Gasteiger partial charge on any atom is 0.0759 e. The van der Waals surface area contributed by atoms with E-state index in [9.17, 15) is 0 Å². The zero-order chi connectivity index (χ0) is 8.27. The first-order valence-electron chi connectivity index (χ1n) is 3.41. The van der Waals surface area contributed by atoms with Gasteiger partial charge in [0.05, 0.1) is 5.69 Å². The second kappa shape index (κ2) is 3.58. The minimum absolute atomic E-state index is 0.975. The number of thioether (sulfide) groups is 1. The Morgan fingerprint density at radius 2 is 2.36 bits per heavy atom. The molecule has 0 aliphatic heterocycles. The molecule has 0 N–H and O–H groups in total. The fourth-order valence-electron chi connectivity index (χ4n) is 0.870. The van der Waals surface area contributed by atoms with E-state index in [4.69, 9.17) is 0 Å². The van der Waals surface area contributed by atoms with Gasteiger partial charge >= 0.3 is 0 Å². The standard InChI is InChI=1S/C9H11NS/c1-4-8-9(11-3)5-7(2)6-10-8/h4-6H,1H2,2-3H3. The third kappa shape index (κ3) is 1.84. The van der Waals surface area contributed by atoms with Gasteiger partial charge in [0, 0.05) is 11.1 Å². The molecule has 0 unspecified atom stereocenters. The van der Waals surface area contributed by atoms with Gasteiger partial charge in [-0.05, 0) is 30.9 Å². The van der Waals surface area contributed by atoms with Crippen LogP contribution >= 0.6 is 11.8 Å². The first-order chi connectivity index (χ1) is 5.27. The summed E-state index contributed by atoms with van der Waals surface area (Å²) in [6.45, 7) is 5.73. The summed E-state index contributed by atoms with van der Waals surface area (Å²) in [5.41, 5.74) is 2.17. The van der Waals surface area contributed by atoms with Crippen molar-refractivity contribution in [3.63, 3.8) is 0 Å². The number of pyridine rings is 1. The van der Waals surface area contributed by atoms with Crippen LogP contribution in [0, 0.1) is 6.92 Å². The second-order valence-corrected chi connectivity index (χ2v) is 3.15. The highest BCUT2D eigenvalue weighted by Gasteiger charge is 1.97. The monoisotopic (exact) mass is 165 g/mol. The molecular weight excluding hydrogens is 154 g/mol. The molecule has 0 amide bonds. The highest BCUT2D eigenvalue weighted by Crippen LogP contribution is 2.19. The zero-order valence-electron chi connectivity index (χ0n) is 6.79. The van der Waals surface area contributed by atoms with Crippen molar-refractivity contribution in [2.45, 2.75) is 11.8 Å². The van der Waals surface area contributed by atoms with Crippen molar-refractivity contribution in [3.05, 3.63) is 30.1 Å². The lowest BCUT2D eigenvalue weighted by atomic mass is 10.3. The lowest BCUT2D eigenvalue weighted by Gasteiger charge is -2.01. The molecule has 0 saturated carbocycles. The Balaban J connectivity index is 3.16. The minimum Gasteiger partial charge on any atom is -0.255 e. The molecule has 2 heteroatoms. The third-order valence-corrected chi connectivity index (χ3v) is 2.20. The van der Waals surface area contributed by atoms with Gasteiger partial charge in [-0.1, -0.05) is 6.58 Å². The van der Waals surface area contributed by atoms with E-state index in [-0.39, 0.29) is 0 Å². The highest BCUT2D eigenvalue weighted by atomic mass is 32.2. The summed E-state index contributed by atoms with van der Waals surface area (Å²) in [7, 11) is 0. The van der Waals surface area contributed by atoms with Gasteiger partial charge < -0.3 is 0 Å². The molecule has 1 aromatic rings. The van der Waals surface area contributed by atoms with Crippen molar-refractivity contribution in [2.75, 3.05) is 6.26 Å². The Morgan fingerprint density at radius 3 is 2.91 bits per heavy atom. The Morgan fingerprint density at radius 1 is 1.64 bits per heavy atom. The van der Waals surface area contributed by atoms with Crippen LogP contribution in [0.15, 0.2) is 23.7 Å². The quantitative estimate of drug-likeness (QED) is 0.625. The molecule has 1 heterocycles. The molecule has 0 fully saturated rings. The van der Waals surface area contributed by atoms with Crippen LogP contribution < -0.4 is 0 Å². The first-order valence-corrected chi connectivity index (χ1v) is 4.63. The largest absolute Gasteiger partial charge is 0.255 e. The summed E-state index contributed by atoms with van der Waals surface area (Å²) in [5.74, 6) is 0. The Bertz CT molecular complexity index is 268. The molecule has 0 bridgehead atoms. The lowest BCUT2D eigenvalue weighted by molar-refractivity contribution is 1.16. The Hall–Kier alpha value is -0.760. The number of aromatic nitrogens is 1. The van der Waals surface area contributed by atoms with Crippen LogP contribution in [0.3, 0.4) is 0 Å². The van der Waals surface area contributed by atoms with Gasteiger partial charge in [-0.25, -0.2) is 0 Å². The highest BCUT2D eigenvalue weighted by molar-refractivity contribution is 7.98. The molecule has 0 aliphatic carbocycles. The lowest BCUT2D eigenvalue weighted by Crippen LogP contribution is -1.85. The summed E-state index contributed by atoms with van der Waals surface area (Å²) in [4.78, 5) is 5.42. The summed E-state index contributed by atoms with van der Waals surface area (Å²) in [6.07, 6.45) is 5.69. The molecule has 1 aromatic heterocycles. The fraction of sp³-hybridized carbons (Fsp3) is 0.222. The molecule has 11 heavy (non-hydrogen) atoms. The molecule has 1 nitrogen and oxygen atoms in total. The molecule has 58 valence electrons. The summed E-state index contributed by atoms with van der Waals surface area (Å²) in [6, 6.07) is 2.12. The molecule has 0 atom stereocenters. The van der Waals surface area contributed by atoms with Crippen LogP contribution in [0.5, 0.6) is 0 Å². The second-order valence-electron chi connectivity index (χ2n) is 2.30. The van der Waals surface area contributed by atoms with Crippen molar-refractivity contribution >= 4 is 17.8 Å². The zero-order valence-corrected chi connectivity index (χ0v) is 7.61. The van der Waals surface area contributed by atoms with E-state index in [2.05, 4.69) is 17.6 Å². The summed E-state index contributed by atoms with van der Waals surface area (Å²) in [5, 5.41) is 0. The normalized spacial score (nSPS) is 9.64. The number of hydrogen-bond donors (Lipinski definition) is 0. The molecule has 0 spiro atoms. The molecule has 0 aliphatic rings. The molecule has 0 saturated heterocycles. The summed E-state index contributed by atoms with van der Waals surface area (Å²) >= 11 is 1.70. The SMILES string of the molecule is C=Cc1ncc(C)cc1SC. The van der Waals surface area contributed by atoms with Crippen molar-refractivity contribution in [1.29, 1.82) is 0 Å². The fourth-order valence-corrected chi connectivity index (χ4v) is 1.52. The van der Waals surface area contributed by atoms with E-state index in [1.807, 2.05) is 19.4 Å². The van der Waals surface area contributed by atoms with Crippen LogP contribution in [-0.4, -0.2) is 11.2 Å². The Kier molecular flexibility index (Phi) is 2.71. The van der Waals surface area contributed by atoms with Crippen molar-refractivity contribution < 1.29 is 0 Å². The van der Waals surface area contributed by atoms with Gasteiger partial charge in [0.2, 0.25) is 0 Å². The van der Waals surface area contributed by atoms with Crippen LogP contribution in [0.4, 0.5) is 0 Å². The van der Waals surface area contributed by atoms with Crippen molar-refractivity contribution in [1.82, 2.24) is 4.98 Å². The van der Waals surface area contributed by atoms with E-state index in [0.29, 0.717) is 0 Å². The van der Waals surface area contributed by atoms with E-state index >= 15 is 0 Å². The van der Waals surface area contributed by atoms with Gasteiger partial charge in [0.15, 0.2) is 0 Å². The van der Waals surface area contributed by atoms with Gasteiger partial charge in [0.1, 0.15) is 0 Å². The van der Waals surface area contributed by atoms with Gasteiger partial charge in [0.25, 0.3) is 0 Å². The number of aryl methyl sites for hydroxylation is 1. The predicted molar refractivity (Wildman–Crippen MR) is 50.8 cm³/mol. The molecule has 0 radical (unpaired) electrons. The molecule has 1 rings (SSSR count). The van der Waals surface area contributed by atoms with E-state index < -0.39 is 0 Å². The Labute approximate surface area is 71.5 Å². The first kappa shape index (κ1) is 8.34. The van der Waals surface area contributed by atoms with Gasteiger partial charge in [-0.2, -0.15) is 0 Å². The topological polar surface area (TPSA) is 12.9 Å². The van der Waals surface area contributed by atoms with Gasteiger partial charge in [-0.3, -0.25) is 4.98 Å².